The highest BCUT2D eigenvalue weighted by Gasteiger charge is 2.09. The lowest BCUT2D eigenvalue weighted by molar-refractivity contribution is 0.209. The van der Waals surface area contributed by atoms with Crippen molar-refractivity contribution >= 4 is 28.9 Å². The average molecular weight is 307 g/mol. The first-order valence-corrected chi connectivity index (χ1v) is 7.66. The molecule has 0 atom stereocenters. The number of aromatic nitrogens is 1. The van der Waals surface area contributed by atoms with Gasteiger partial charge in [0.05, 0.1) is 0 Å². The van der Waals surface area contributed by atoms with Gasteiger partial charge in [-0.05, 0) is 26.1 Å². The molecule has 0 radical (unpaired) electrons. The molecule has 1 rings (SSSR count). The second-order valence-electron chi connectivity index (χ2n) is 4.47. The highest BCUT2D eigenvalue weighted by Crippen LogP contribution is 2.16. The quantitative estimate of drug-likeness (QED) is 0.762. The van der Waals surface area contributed by atoms with E-state index in [1.54, 1.807) is 11.3 Å². The molecule has 0 spiro atoms. The third-order valence-electron chi connectivity index (χ3n) is 3.12. The van der Waals surface area contributed by atoms with E-state index in [0.717, 1.165) is 39.3 Å². The Bertz CT molecular complexity index is 328. The summed E-state index contributed by atoms with van der Waals surface area (Å²) in [5.74, 6) is 0. The number of halogens is 1. The van der Waals surface area contributed by atoms with Gasteiger partial charge in [-0.2, -0.15) is 0 Å². The Morgan fingerprint density at radius 3 is 2.21 bits per heavy atom. The van der Waals surface area contributed by atoms with Crippen molar-refractivity contribution < 1.29 is 0 Å². The molecule has 0 aromatic carbocycles. The van der Waals surface area contributed by atoms with Crippen molar-refractivity contribution in [3.05, 3.63) is 11.1 Å². The van der Waals surface area contributed by atoms with Crippen molar-refractivity contribution in [2.45, 2.75) is 33.7 Å². The van der Waals surface area contributed by atoms with E-state index in [9.17, 15) is 0 Å². The highest BCUT2D eigenvalue weighted by atomic mass is 35.5. The fourth-order valence-corrected chi connectivity index (χ4v) is 2.75. The molecule has 6 heteroatoms. The summed E-state index contributed by atoms with van der Waals surface area (Å²) in [4.78, 5) is 10.3. The number of nitrogen functional groups attached to an aromatic ring is 1. The molecule has 0 fully saturated rings. The zero-order chi connectivity index (χ0) is 13.4. The van der Waals surface area contributed by atoms with Gasteiger partial charge in [-0.3, -0.25) is 4.90 Å². The lowest BCUT2D eigenvalue weighted by Crippen LogP contribution is -2.35. The fraction of sp³-hybridized carbons (Fsp3) is 0.769. The number of nitrogens with zero attached hydrogens (tertiary/aromatic N) is 3. The molecule has 19 heavy (non-hydrogen) atoms. The van der Waals surface area contributed by atoms with Crippen molar-refractivity contribution in [1.29, 1.82) is 0 Å². The molecule has 1 aromatic rings. The number of anilines is 1. The van der Waals surface area contributed by atoms with Crippen LogP contribution in [0.4, 0.5) is 5.13 Å². The SMILES string of the molecule is CCCN(CCN(CC)CC)Cc1cnc(N)s1.Cl. The Morgan fingerprint density at radius 2 is 1.74 bits per heavy atom. The van der Waals surface area contributed by atoms with Crippen molar-refractivity contribution in [1.82, 2.24) is 14.8 Å². The monoisotopic (exact) mass is 306 g/mol. The predicted octanol–water partition coefficient (Wildman–Crippen LogP) is 2.70. The molecular formula is C13H27ClN4S. The zero-order valence-electron chi connectivity index (χ0n) is 12.3. The van der Waals surface area contributed by atoms with Crippen LogP contribution in [0, 0.1) is 0 Å². The van der Waals surface area contributed by atoms with Crippen molar-refractivity contribution in [3.63, 3.8) is 0 Å². The van der Waals surface area contributed by atoms with Gasteiger partial charge in [-0.25, -0.2) is 4.98 Å². The molecule has 1 heterocycles. The van der Waals surface area contributed by atoms with Gasteiger partial charge in [0.1, 0.15) is 0 Å². The standard InChI is InChI=1S/C13H26N4S.ClH/c1-4-7-17(9-8-16(5-2)6-3)11-12-10-15-13(14)18-12;/h10H,4-9,11H2,1-3H3,(H2,14,15);1H. The number of hydrogen-bond acceptors (Lipinski definition) is 5. The van der Waals surface area contributed by atoms with E-state index < -0.39 is 0 Å². The zero-order valence-corrected chi connectivity index (χ0v) is 13.9. The van der Waals surface area contributed by atoms with E-state index >= 15 is 0 Å². The Balaban J connectivity index is 0.00000324. The molecule has 0 unspecified atom stereocenters. The molecule has 112 valence electrons. The van der Waals surface area contributed by atoms with Gasteiger partial charge in [-0.15, -0.1) is 23.7 Å². The van der Waals surface area contributed by atoms with Crippen LogP contribution in [-0.4, -0.2) is 47.5 Å². The van der Waals surface area contributed by atoms with Gasteiger partial charge in [0.15, 0.2) is 5.13 Å². The number of likely N-dealkylation sites (N-methyl/N-ethyl adjacent to an activating group) is 1. The van der Waals surface area contributed by atoms with E-state index in [4.69, 9.17) is 5.73 Å². The van der Waals surface area contributed by atoms with Crippen LogP contribution >= 0.6 is 23.7 Å². The summed E-state index contributed by atoms with van der Waals surface area (Å²) in [7, 11) is 0. The smallest absolute Gasteiger partial charge is 0.180 e. The minimum Gasteiger partial charge on any atom is -0.375 e. The Morgan fingerprint density at radius 1 is 1.11 bits per heavy atom. The Hall–Kier alpha value is -0.360. The van der Waals surface area contributed by atoms with Crippen molar-refractivity contribution in [2.75, 3.05) is 38.5 Å². The molecule has 0 saturated carbocycles. The number of thiazole rings is 1. The van der Waals surface area contributed by atoms with Crippen LogP contribution in [0.25, 0.3) is 0 Å². The molecule has 0 aliphatic heterocycles. The third-order valence-corrected chi connectivity index (χ3v) is 3.93. The summed E-state index contributed by atoms with van der Waals surface area (Å²) in [5.41, 5.74) is 5.67. The van der Waals surface area contributed by atoms with E-state index in [0.29, 0.717) is 5.13 Å². The number of hydrogen-bond donors (Lipinski definition) is 1. The minimum absolute atomic E-state index is 0. The van der Waals surface area contributed by atoms with Gasteiger partial charge < -0.3 is 10.6 Å². The van der Waals surface area contributed by atoms with Crippen LogP contribution in [0.15, 0.2) is 6.20 Å². The minimum atomic E-state index is 0. The van der Waals surface area contributed by atoms with E-state index in [1.165, 1.54) is 11.3 Å². The first kappa shape index (κ1) is 18.6. The number of rotatable bonds is 9. The van der Waals surface area contributed by atoms with Crippen LogP contribution < -0.4 is 5.73 Å². The van der Waals surface area contributed by atoms with Gasteiger partial charge >= 0.3 is 0 Å². The predicted molar refractivity (Wildman–Crippen MR) is 87.1 cm³/mol. The van der Waals surface area contributed by atoms with Gasteiger partial charge in [-0.1, -0.05) is 20.8 Å². The maximum absolute atomic E-state index is 5.67. The summed E-state index contributed by atoms with van der Waals surface area (Å²) in [5, 5.41) is 0.671. The average Bonchev–Trinajstić information content (AvgIpc) is 2.76. The molecule has 4 nitrogen and oxygen atoms in total. The summed E-state index contributed by atoms with van der Waals surface area (Å²) in [6.07, 6.45) is 3.09. The van der Waals surface area contributed by atoms with E-state index in [1.807, 2.05) is 6.20 Å². The van der Waals surface area contributed by atoms with Crippen LogP contribution in [0.2, 0.25) is 0 Å². The van der Waals surface area contributed by atoms with Crippen molar-refractivity contribution in [3.8, 4) is 0 Å². The molecule has 1 aromatic heterocycles. The molecule has 0 saturated heterocycles. The Labute approximate surface area is 127 Å². The second kappa shape index (κ2) is 10.4. The van der Waals surface area contributed by atoms with Gasteiger partial charge in [0, 0.05) is 30.7 Å². The molecule has 2 N–H and O–H groups in total. The summed E-state index contributed by atoms with van der Waals surface area (Å²) >= 11 is 1.60. The molecule has 0 bridgehead atoms. The lowest BCUT2D eigenvalue weighted by Gasteiger charge is -2.25. The summed E-state index contributed by atoms with van der Waals surface area (Å²) in [6, 6.07) is 0. The lowest BCUT2D eigenvalue weighted by atomic mass is 10.3. The molecule has 0 aliphatic rings. The maximum atomic E-state index is 5.67. The van der Waals surface area contributed by atoms with E-state index in [-0.39, 0.29) is 12.4 Å². The molecular weight excluding hydrogens is 280 g/mol. The van der Waals surface area contributed by atoms with E-state index in [2.05, 4.69) is 35.6 Å². The summed E-state index contributed by atoms with van der Waals surface area (Å²) < 4.78 is 0. The third kappa shape index (κ3) is 7.11. The normalized spacial score (nSPS) is 11.0. The highest BCUT2D eigenvalue weighted by molar-refractivity contribution is 7.15. The van der Waals surface area contributed by atoms with Crippen LogP contribution in [0.1, 0.15) is 32.1 Å². The van der Waals surface area contributed by atoms with Gasteiger partial charge in [0.25, 0.3) is 0 Å². The largest absolute Gasteiger partial charge is 0.375 e. The summed E-state index contributed by atoms with van der Waals surface area (Å²) in [6.45, 7) is 13.3. The second-order valence-corrected chi connectivity index (χ2v) is 5.61. The first-order valence-electron chi connectivity index (χ1n) is 6.84. The maximum Gasteiger partial charge on any atom is 0.180 e. The van der Waals surface area contributed by atoms with Gasteiger partial charge in [0.2, 0.25) is 0 Å². The number of nitrogens with two attached hydrogens (primary N) is 1. The van der Waals surface area contributed by atoms with Crippen molar-refractivity contribution in [2.24, 2.45) is 0 Å². The van der Waals surface area contributed by atoms with Crippen LogP contribution in [0.5, 0.6) is 0 Å². The van der Waals surface area contributed by atoms with Crippen LogP contribution in [0.3, 0.4) is 0 Å². The fourth-order valence-electron chi connectivity index (χ4n) is 2.02. The van der Waals surface area contributed by atoms with Crippen LogP contribution in [-0.2, 0) is 6.54 Å². The molecule has 0 aliphatic carbocycles. The topological polar surface area (TPSA) is 45.4 Å². The molecule has 0 amide bonds. The Kier molecular flexibility index (Phi) is 10.2. The first-order chi connectivity index (χ1) is 8.69.